The Morgan fingerprint density at radius 2 is 1.89 bits per heavy atom. The van der Waals surface area contributed by atoms with Crippen LogP contribution in [-0.4, -0.2) is 23.3 Å². The Kier molecular flexibility index (Phi) is 5.28. The van der Waals surface area contributed by atoms with E-state index in [1.54, 1.807) is 7.11 Å². The highest BCUT2D eigenvalue weighted by Crippen LogP contribution is 2.17. The molecule has 2 aromatic carbocycles. The number of aryl methyl sites for hydroxylation is 1. The number of benzene rings is 2. The van der Waals surface area contributed by atoms with E-state index in [2.05, 4.69) is 41.5 Å². The van der Waals surface area contributed by atoms with Gasteiger partial charge >= 0.3 is 0 Å². The smallest absolute Gasteiger partial charge is 0.255 e. The molecule has 0 bridgehead atoms. The molecule has 0 unspecified atom stereocenters. The van der Waals surface area contributed by atoms with Gasteiger partial charge in [0.25, 0.3) is 5.56 Å². The number of fused-ring (bicyclic) bond motifs is 2. The lowest BCUT2D eigenvalue weighted by atomic mass is 10.1. The second-order valence-corrected chi connectivity index (χ2v) is 7.17. The average molecular weight is 375 g/mol. The zero-order valence-electron chi connectivity index (χ0n) is 16.3. The molecular formula is C23H25N3O2. The second-order valence-electron chi connectivity index (χ2n) is 7.17. The highest BCUT2D eigenvalue weighted by molar-refractivity contribution is 5.81. The number of nitrogens with one attached hydrogen (secondary N) is 2. The molecule has 0 fully saturated rings. The number of rotatable bonds is 7. The van der Waals surface area contributed by atoms with Crippen molar-refractivity contribution in [3.63, 3.8) is 0 Å². The Labute approximate surface area is 164 Å². The fraction of sp³-hybridized carbons (Fsp3) is 0.261. The molecule has 144 valence electrons. The number of ether oxygens (including phenoxy) is 1. The largest absolute Gasteiger partial charge is 0.383 e. The van der Waals surface area contributed by atoms with Crippen LogP contribution in [0.25, 0.3) is 21.8 Å². The van der Waals surface area contributed by atoms with Crippen molar-refractivity contribution in [1.82, 2.24) is 14.9 Å². The van der Waals surface area contributed by atoms with Gasteiger partial charge in [-0.15, -0.1) is 0 Å². The topological polar surface area (TPSA) is 59.0 Å². The Morgan fingerprint density at radius 1 is 1.04 bits per heavy atom. The fourth-order valence-corrected chi connectivity index (χ4v) is 3.66. The van der Waals surface area contributed by atoms with E-state index in [1.165, 1.54) is 10.9 Å². The van der Waals surface area contributed by atoms with Crippen molar-refractivity contribution in [3.05, 3.63) is 81.8 Å². The summed E-state index contributed by atoms with van der Waals surface area (Å²) >= 11 is 0. The van der Waals surface area contributed by atoms with Gasteiger partial charge in [-0.2, -0.15) is 0 Å². The molecule has 2 N–H and O–H groups in total. The molecule has 0 aliphatic rings. The maximum absolute atomic E-state index is 13.0. The van der Waals surface area contributed by atoms with Gasteiger partial charge in [-0.3, -0.25) is 4.79 Å². The van der Waals surface area contributed by atoms with Crippen molar-refractivity contribution in [3.8, 4) is 0 Å². The first-order valence-electron chi connectivity index (χ1n) is 9.55. The normalized spacial score (nSPS) is 11.5. The number of H-pyrrole nitrogens is 1. The molecule has 28 heavy (non-hydrogen) atoms. The molecule has 4 aromatic rings. The van der Waals surface area contributed by atoms with Crippen LogP contribution in [0.3, 0.4) is 0 Å². The van der Waals surface area contributed by atoms with E-state index in [4.69, 9.17) is 4.74 Å². The van der Waals surface area contributed by atoms with Gasteiger partial charge < -0.3 is 19.6 Å². The molecule has 0 aliphatic heterocycles. The lowest BCUT2D eigenvalue weighted by Crippen LogP contribution is -2.28. The Hall–Kier alpha value is -2.89. The minimum atomic E-state index is 0.0394. The van der Waals surface area contributed by atoms with Crippen LogP contribution in [0, 0.1) is 6.92 Å². The number of methoxy groups -OCH3 is 1. The van der Waals surface area contributed by atoms with Crippen molar-refractivity contribution in [2.45, 2.75) is 26.6 Å². The van der Waals surface area contributed by atoms with Gasteiger partial charge in [-0.25, -0.2) is 0 Å². The number of hydrogen-bond acceptors (Lipinski definition) is 3. The van der Waals surface area contributed by atoms with Crippen molar-refractivity contribution in [2.24, 2.45) is 0 Å². The molecule has 0 spiro atoms. The quantitative estimate of drug-likeness (QED) is 0.517. The first kappa shape index (κ1) is 18.5. The van der Waals surface area contributed by atoms with Crippen molar-refractivity contribution >= 4 is 21.8 Å². The summed E-state index contributed by atoms with van der Waals surface area (Å²) in [6.07, 6.45) is 0. The zero-order valence-corrected chi connectivity index (χ0v) is 16.3. The summed E-state index contributed by atoms with van der Waals surface area (Å²) in [6, 6.07) is 18.5. The number of nitrogens with zero attached hydrogens (tertiary/aromatic N) is 1. The Balaban J connectivity index is 1.58. The maximum atomic E-state index is 13.0. The van der Waals surface area contributed by atoms with Crippen LogP contribution in [0.5, 0.6) is 0 Å². The summed E-state index contributed by atoms with van der Waals surface area (Å²) in [5.41, 5.74) is 5.18. The lowest BCUT2D eigenvalue weighted by molar-refractivity contribution is 0.187. The van der Waals surface area contributed by atoms with Crippen LogP contribution in [0.2, 0.25) is 0 Å². The SMILES string of the molecule is COCCn1c(=O)c(CNCc2cc3ccccc3[nH]2)cc2cc(C)ccc21. The molecule has 2 aromatic heterocycles. The third-order valence-corrected chi connectivity index (χ3v) is 5.06. The van der Waals surface area contributed by atoms with E-state index in [-0.39, 0.29) is 5.56 Å². The van der Waals surface area contributed by atoms with E-state index in [0.717, 1.165) is 27.7 Å². The van der Waals surface area contributed by atoms with Crippen molar-refractivity contribution in [2.75, 3.05) is 13.7 Å². The number of hydrogen-bond donors (Lipinski definition) is 2. The van der Waals surface area contributed by atoms with Crippen LogP contribution in [0.1, 0.15) is 16.8 Å². The van der Waals surface area contributed by atoms with E-state index in [1.807, 2.05) is 34.9 Å². The van der Waals surface area contributed by atoms with Gasteiger partial charge in [0, 0.05) is 43.5 Å². The van der Waals surface area contributed by atoms with Crippen LogP contribution in [0.15, 0.2) is 59.4 Å². The Bertz CT molecular complexity index is 1140. The monoisotopic (exact) mass is 375 g/mol. The highest BCUT2D eigenvalue weighted by Gasteiger charge is 2.10. The van der Waals surface area contributed by atoms with Gasteiger partial charge in [0.15, 0.2) is 0 Å². The summed E-state index contributed by atoms with van der Waals surface area (Å²) in [5, 5.41) is 5.68. The molecular weight excluding hydrogens is 350 g/mol. The molecule has 2 heterocycles. The van der Waals surface area contributed by atoms with Gasteiger partial charge in [0.2, 0.25) is 0 Å². The minimum Gasteiger partial charge on any atom is -0.383 e. The summed E-state index contributed by atoms with van der Waals surface area (Å²) in [5.74, 6) is 0. The number of aromatic amines is 1. The first-order valence-corrected chi connectivity index (χ1v) is 9.55. The van der Waals surface area contributed by atoms with Gasteiger partial charge in [-0.05, 0) is 48.0 Å². The molecule has 0 atom stereocenters. The standard InChI is InChI=1S/C23H25N3O2/c1-16-7-8-22-18(11-16)12-19(23(27)26(22)9-10-28-2)14-24-15-20-13-17-5-3-4-6-21(17)25-20/h3-8,11-13,24-25H,9-10,14-15H2,1-2H3. The molecule has 0 radical (unpaired) electrons. The summed E-state index contributed by atoms with van der Waals surface area (Å²) < 4.78 is 7.02. The fourth-order valence-electron chi connectivity index (χ4n) is 3.66. The number of pyridine rings is 1. The number of para-hydroxylation sites is 1. The van der Waals surface area contributed by atoms with Crippen LogP contribution in [-0.2, 0) is 24.4 Å². The number of aromatic nitrogens is 2. The third-order valence-electron chi connectivity index (χ3n) is 5.06. The minimum absolute atomic E-state index is 0.0394. The molecule has 4 rings (SSSR count). The predicted octanol–water partition coefficient (Wildman–Crippen LogP) is 3.73. The molecule has 5 heteroatoms. The molecule has 5 nitrogen and oxygen atoms in total. The molecule has 0 saturated carbocycles. The summed E-state index contributed by atoms with van der Waals surface area (Å²) in [7, 11) is 1.66. The summed E-state index contributed by atoms with van der Waals surface area (Å²) in [6.45, 7) is 4.32. The van der Waals surface area contributed by atoms with Gasteiger partial charge in [0.05, 0.1) is 12.1 Å². The molecule has 0 aliphatic carbocycles. The van der Waals surface area contributed by atoms with Crippen molar-refractivity contribution in [1.29, 1.82) is 0 Å². The van der Waals surface area contributed by atoms with E-state index >= 15 is 0 Å². The lowest BCUT2D eigenvalue weighted by Gasteiger charge is -2.13. The van der Waals surface area contributed by atoms with Gasteiger partial charge in [0.1, 0.15) is 0 Å². The maximum Gasteiger partial charge on any atom is 0.255 e. The van der Waals surface area contributed by atoms with Crippen LogP contribution < -0.4 is 10.9 Å². The average Bonchev–Trinajstić information content (AvgIpc) is 3.10. The van der Waals surface area contributed by atoms with E-state index in [9.17, 15) is 4.79 Å². The van der Waals surface area contributed by atoms with Crippen molar-refractivity contribution < 1.29 is 4.74 Å². The summed E-state index contributed by atoms with van der Waals surface area (Å²) in [4.78, 5) is 16.4. The Morgan fingerprint density at radius 3 is 2.71 bits per heavy atom. The van der Waals surface area contributed by atoms with Gasteiger partial charge in [-0.1, -0.05) is 29.8 Å². The molecule has 0 amide bonds. The van der Waals surface area contributed by atoms with Crippen LogP contribution >= 0.6 is 0 Å². The third kappa shape index (κ3) is 3.72. The first-order chi connectivity index (χ1) is 13.7. The highest BCUT2D eigenvalue weighted by atomic mass is 16.5. The predicted molar refractivity (Wildman–Crippen MR) is 114 cm³/mol. The zero-order chi connectivity index (χ0) is 19.5. The van der Waals surface area contributed by atoms with Crippen LogP contribution in [0.4, 0.5) is 0 Å². The van der Waals surface area contributed by atoms with E-state index in [0.29, 0.717) is 26.2 Å². The second kappa shape index (κ2) is 8.00. The molecule has 0 saturated heterocycles. The van der Waals surface area contributed by atoms with E-state index < -0.39 is 0 Å².